The van der Waals surface area contributed by atoms with Crippen LogP contribution in [0.25, 0.3) is 0 Å². The van der Waals surface area contributed by atoms with Gasteiger partial charge in [0, 0.05) is 26.6 Å². The molecule has 0 atom stereocenters. The molecule has 0 spiro atoms. The van der Waals surface area contributed by atoms with Crippen LogP contribution in [-0.2, 0) is 14.3 Å². The Kier molecular flexibility index (Phi) is 8.39. The van der Waals surface area contributed by atoms with Crippen molar-refractivity contribution in [2.24, 2.45) is 0 Å². The summed E-state index contributed by atoms with van der Waals surface area (Å²) in [5.41, 5.74) is 0. The topological polar surface area (TPSA) is 88.9 Å². The van der Waals surface area contributed by atoms with Gasteiger partial charge in [-0.1, -0.05) is 0 Å². The second kappa shape index (κ2) is 10.0. The Morgan fingerprint density at radius 2 is 2.04 bits per heavy atom. The first-order valence-electron chi connectivity index (χ1n) is 7.38. The number of carbonyl (C=O) groups excluding carboxylic acids is 3. The van der Waals surface area contributed by atoms with Gasteiger partial charge < -0.3 is 19.4 Å². The van der Waals surface area contributed by atoms with Crippen molar-refractivity contribution in [2.45, 2.75) is 26.7 Å². The van der Waals surface area contributed by atoms with Crippen molar-refractivity contribution < 1.29 is 23.5 Å². The smallest absolute Gasteiger partial charge is 0.307 e. The van der Waals surface area contributed by atoms with E-state index in [1.165, 1.54) is 11.8 Å². The summed E-state index contributed by atoms with van der Waals surface area (Å²) in [7, 11) is 0. The Bertz CT molecular complexity index is 544. The molecule has 0 bridgehead atoms. The van der Waals surface area contributed by atoms with Gasteiger partial charge in [-0.3, -0.25) is 14.4 Å². The Morgan fingerprint density at radius 1 is 1.30 bits per heavy atom. The van der Waals surface area contributed by atoms with Gasteiger partial charge in [-0.2, -0.15) is 0 Å². The molecule has 0 fully saturated rings. The molecule has 1 aromatic heterocycles. The van der Waals surface area contributed by atoms with Crippen LogP contribution < -0.4 is 5.32 Å². The summed E-state index contributed by atoms with van der Waals surface area (Å²) >= 11 is 3.15. The number of furan rings is 1. The highest BCUT2D eigenvalue weighted by molar-refractivity contribution is 9.10. The zero-order valence-corrected chi connectivity index (χ0v) is 14.8. The van der Waals surface area contributed by atoms with Gasteiger partial charge >= 0.3 is 5.97 Å². The fourth-order valence-corrected chi connectivity index (χ4v) is 2.20. The lowest BCUT2D eigenvalue weighted by molar-refractivity contribution is -0.143. The first-order chi connectivity index (χ1) is 10.9. The number of halogens is 1. The molecule has 0 unspecified atom stereocenters. The van der Waals surface area contributed by atoms with Gasteiger partial charge in [-0.25, -0.2) is 0 Å². The van der Waals surface area contributed by atoms with Gasteiger partial charge in [0.15, 0.2) is 10.4 Å². The average Bonchev–Trinajstić information content (AvgIpc) is 2.92. The lowest BCUT2D eigenvalue weighted by Crippen LogP contribution is -2.35. The molecule has 128 valence electrons. The lowest BCUT2D eigenvalue weighted by atomic mass is 10.3. The summed E-state index contributed by atoms with van der Waals surface area (Å²) in [5.74, 6) is -0.583. The molecule has 8 heteroatoms. The van der Waals surface area contributed by atoms with Crippen LogP contribution >= 0.6 is 15.9 Å². The number of hydrogen-bond donors (Lipinski definition) is 1. The lowest BCUT2D eigenvalue weighted by Gasteiger charge is -2.21. The number of nitrogens with zero attached hydrogens (tertiary/aromatic N) is 1. The Hall–Kier alpha value is -1.83. The number of rotatable bonds is 9. The van der Waals surface area contributed by atoms with Crippen molar-refractivity contribution in [1.82, 2.24) is 10.2 Å². The van der Waals surface area contributed by atoms with E-state index < -0.39 is 0 Å². The molecule has 1 aromatic rings. The van der Waals surface area contributed by atoms with Crippen LogP contribution in [0.15, 0.2) is 21.2 Å². The third kappa shape index (κ3) is 7.32. The van der Waals surface area contributed by atoms with E-state index in [-0.39, 0.29) is 36.5 Å². The summed E-state index contributed by atoms with van der Waals surface area (Å²) in [5, 5.41) is 2.67. The first-order valence-corrected chi connectivity index (χ1v) is 8.18. The monoisotopic (exact) mass is 388 g/mol. The van der Waals surface area contributed by atoms with E-state index in [9.17, 15) is 14.4 Å². The number of carbonyl (C=O) groups is 3. The molecule has 7 nitrogen and oxygen atoms in total. The van der Waals surface area contributed by atoms with E-state index in [1.807, 2.05) is 0 Å². The van der Waals surface area contributed by atoms with E-state index >= 15 is 0 Å². The third-order valence-corrected chi connectivity index (χ3v) is 3.37. The quantitative estimate of drug-likeness (QED) is 0.515. The zero-order chi connectivity index (χ0) is 17.2. The molecular formula is C15H21BrN2O5. The largest absolute Gasteiger partial charge is 0.466 e. The molecule has 0 aliphatic heterocycles. The maximum absolute atomic E-state index is 12.4. The summed E-state index contributed by atoms with van der Waals surface area (Å²) < 4.78 is 10.6. The Labute approximate surface area is 143 Å². The van der Waals surface area contributed by atoms with Crippen molar-refractivity contribution in [2.75, 3.05) is 26.2 Å². The second-order valence-electron chi connectivity index (χ2n) is 4.79. The van der Waals surface area contributed by atoms with E-state index in [0.717, 1.165) is 0 Å². The molecule has 0 aliphatic carbocycles. The van der Waals surface area contributed by atoms with Crippen LogP contribution in [0.2, 0.25) is 0 Å². The SMILES string of the molecule is CCOC(=O)CCN(CCCNC(C)=O)C(=O)c1ccc(Br)o1. The van der Waals surface area contributed by atoms with Gasteiger partial charge in [-0.15, -0.1) is 0 Å². The van der Waals surface area contributed by atoms with Gasteiger partial charge in [0.1, 0.15) is 0 Å². The predicted molar refractivity (Wildman–Crippen MR) is 86.9 cm³/mol. The number of hydrogen-bond acceptors (Lipinski definition) is 5. The van der Waals surface area contributed by atoms with Gasteiger partial charge in [0.2, 0.25) is 5.91 Å². The van der Waals surface area contributed by atoms with Crippen molar-refractivity contribution >= 4 is 33.7 Å². The number of esters is 1. The summed E-state index contributed by atoms with van der Waals surface area (Å²) in [6.45, 7) is 4.56. The standard InChI is InChI=1S/C15H21BrN2O5/c1-3-22-14(20)7-10-18(9-4-8-17-11(2)19)15(21)12-5-6-13(16)23-12/h5-6H,3-4,7-10H2,1-2H3,(H,17,19). The van der Waals surface area contributed by atoms with Crippen LogP contribution in [0.3, 0.4) is 0 Å². The van der Waals surface area contributed by atoms with Gasteiger partial charge in [0.25, 0.3) is 5.91 Å². The highest BCUT2D eigenvalue weighted by Gasteiger charge is 2.20. The van der Waals surface area contributed by atoms with Crippen LogP contribution in [0.4, 0.5) is 0 Å². The molecule has 23 heavy (non-hydrogen) atoms. The maximum Gasteiger partial charge on any atom is 0.307 e. The minimum Gasteiger partial charge on any atom is -0.466 e. The van der Waals surface area contributed by atoms with E-state index in [2.05, 4.69) is 21.2 Å². The summed E-state index contributed by atoms with van der Waals surface area (Å²) in [6.07, 6.45) is 0.692. The Morgan fingerprint density at radius 3 is 2.61 bits per heavy atom. The highest BCUT2D eigenvalue weighted by Crippen LogP contribution is 2.16. The zero-order valence-electron chi connectivity index (χ0n) is 13.3. The number of ether oxygens (including phenoxy) is 1. The average molecular weight is 389 g/mol. The van der Waals surface area contributed by atoms with Crippen LogP contribution in [0, 0.1) is 0 Å². The molecule has 1 N–H and O–H groups in total. The second-order valence-corrected chi connectivity index (χ2v) is 5.57. The molecule has 0 radical (unpaired) electrons. The number of nitrogens with one attached hydrogen (secondary N) is 1. The summed E-state index contributed by atoms with van der Waals surface area (Å²) in [4.78, 5) is 36.3. The molecule has 2 amide bonds. The van der Waals surface area contributed by atoms with Crippen molar-refractivity contribution in [1.29, 1.82) is 0 Å². The van der Waals surface area contributed by atoms with E-state index in [0.29, 0.717) is 30.8 Å². The fourth-order valence-electron chi connectivity index (χ4n) is 1.89. The third-order valence-electron chi connectivity index (χ3n) is 2.94. The fraction of sp³-hybridized carbons (Fsp3) is 0.533. The van der Waals surface area contributed by atoms with Gasteiger partial charge in [-0.05, 0) is 41.4 Å². The van der Waals surface area contributed by atoms with Crippen molar-refractivity contribution in [3.05, 3.63) is 22.6 Å². The molecule has 0 saturated heterocycles. The molecule has 0 saturated carbocycles. The maximum atomic E-state index is 12.4. The predicted octanol–water partition coefficient (Wildman–Crippen LogP) is 1.96. The van der Waals surface area contributed by atoms with Gasteiger partial charge in [0.05, 0.1) is 13.0 Å². The summed E-state index contributed by atoms with van der Waals surface area (Å²) in [6, 6.07) is 3.20. The molecule has 1 rings (SSSR count). The molecule has 0 aromatic carbocycles. The normalized spacial score (nSPS) is 10.2. The Balaban J connectivity index is 2.61. The van der Waals surface area contributed by atoms with Crippen LogP contribution in [0.5, 0.6) is 0 Å². The minimum atomic E-state index is -0.354. The van der Waals surface area contributed by atoms with Crippen molar-refractivity contribution in [3.63, 3.8) is 0 Å². The molecule has 0 aliphatic rings. The highest BCUT2D eigenvalue weighted by atomic mass is 79.9. The van der Waals surface area contributed by atoms with Crippen LogP contribution in [0.1, 0.15) is 37.2 Å². The minimum absolute atomic E-state index is 0.113. The van der Waals surface area contributed by atoms with Crippen molar-refractivity contribution in [3.8, 4) is 0 Å². The van der Waals surface area contributed by atoms with E-state index in [1.54, 1.807) is 19.1 Å². The molecule has 1 heterocycles. The first kappa shape index (κ1) is 19.2. The molecular weight excluding hydrogens is 368 g/mol. The van der Waals surface area contributed by atoms with Crippen LogP contribution in [-0.4, -0.2) is 48.9 Å². The van der Waals surface area contributed by atoms with E-state index in [4.69, 9.17) is 9.15 Å². The number of amides is 2.